The van der Waals surface area contributed by atoms with E-state index in [1.165, 1.54) is 11.8 Å². The largest absolute Gasteiger partial charge is 0.325 e. The number of rotatable bonds is 4. The smallest absolute Gasteiger partial charge is 0.240 e. The molecule has 0 aliphatic heterocycles. The van der Waals surface area contributed by atoms with Crippen LogP contribution in [-0.4, -0.2) is 26.7 Å². The van der Waals surface area contributed by atoms with Crippen molar-refractivity contribution in [3.8, 4) is 0 Å². The SMILES string of the molecule is C[C@H](N)C(=O)Nc1ccc(Sc2nncn2C)c(Cl)c1.Cl. The van der Waals surface area contributed by atoms with Gasteiger partial charge in [-0.25, -0.2) is 0 Å². The lowest BCUT2D eigenvalue weighted by Gasteiger charge is -2.09. The summed E-state index contributed by atoms with van der Waals surface area (Å²) in [5, 5.41) is 11.7. The molecule has 0 aliphatic carbocycles. The van der Waals surface area contributed by atoms with E-state index < -0.39 is 6.04 Å². The van der Waals surface area contributed by atoms with Crippen molar-refractivity contribution < 1.29 is 4.79 Å². The van der Waals surface area contributed by atoms with Crippen LogP contribution in [0.15, 0.2) is 34.6 Å². The zero-order valence-electron chi connectivity index (χ0n) is 11.4. The van der Waals surface area contributed by atoms with Gasteiger partial charge in [-0.1, -0.05) is 11.6 Å². The van der Waals surface area contributed by atoms with E-state index in [4.69, 9.17) is 17.3 Å². The minimum absolute atomic E-state index is 0. The van der Waals surface area contributed by atoms with E-state index in [2.05, 4.69) is 15.5 Å². The molecule has 0 bridgehead atoms. The Morgan fingerprint density at radius 1 is 1.52 bits per heavy atom. The van der Waals surface area contributed by atoms with Crippen molar-refractivity contribution >= 4 is 47.4 Å². The molecule has 2 rings (SSSR count). The van der Waals surface area contributed by atoms with E-state index >= 15 is 0 Å². The standard InChI is InChI=1S/C12H14ClN5OS.ClH/c1-7(14)11(19)16-8-3-4-10(9(13)5-8)20-12-17-15-6-18(12)2;/h3-7H,14H2,1-2H3,(H,16,19);1H/t7-;/m0./s1. The van der Waals surface area contributed by atoms with Crippen molar-refractivity contribution in [2.45, 2.75) is 23.0 Å². The molecular weight excluding hydrogens is 333 g/mol. The highest BCUT2D eigenvalue weighted by molar-refractivity contribution is 7.99. The number of benzene rings is 1. The summed E-state index contributed by atoms with van der Waals surface area (Å²) in [6, 6.07) is 4.70. The van der Waals surface area contributed by atoms with Gasteiger partial charge in [0.1, 0.15) is 6.33 Å². The third-order valence-electron chi connectivity index (χ3n) is 2.48. The van der Waals surface area contributed by atoms with Crippen LogP contribution in [0.3, 0.4) is 0 Å². The lowest BCUT2D eigenvalue weighted by atomic mass is 10.3. The van der Waals surface area contributed by atoms with Crippen molar-refractivity contribution in [2.75, 3.05) is 5.32 Å². The van der Waals surface area contributed by atoms with Crippen molar-refractivity contribution in [1.82, 2.24) is 14.8 Å². The van der Waals surface area contributed by atoms with Crippen LogP contribution in [0, 0.1) is 0 Å². The van der Waals surface area contributed by atoms with Crippen molar-refractivity contribution in [1.29, 1.82) is 0 Å². The molecule has 6 nitrogen and oxygen atoms in total. The first-order valence-corrected chi connectivity index (χ1v) is 7.04. The Morgan fingerprint density at radius 2 is 2.24 bits per heavy atom. The van der Waals surface area contributed by atoms with Crippen LogP contribution in [0.25, 0.3) is 0 Å². The molecule has 0 spiro atoms. The fraction of sp³-hybridized carbons (Fsp3) is 0.250. The average molecular weight is 348 g/mol. The maximum atomic E-state index is 11.5. The summed E-state index contributed by atoms with van der Waals surface area (Å²) in [5.74, 6) is -0.255. The van der Waals surface area contributed by atoms with E-state index in [1.54, 1.807) is 30.0 Å². The van der Waals surface area contributed by atoms with Gasteiger partial charge in [0.25, 0.3) is 0 Å². The summed E-state index contributed by atoms with van der Waals surface area (Å²) < 4.78 is 1.80. The Balaban J connectivity index is 0.00000220. The number of nitrogens with zero attached hydrogens (tertiary/aromatic N) is 3. The second-order valence-electron chi connectivity index (χ2n) is 4.25. The summed E-state index contributed by atoms with van der Waals surface area (Å²) in [6.07, 6.45) is 1.62. The van der Waals surface area contributed by atoms with Crippen LogP contribution in [-0.2, 0) is 11.8 Å². The third-order valence-corrected chi connectivity index (χ3v) is 4.04. The van der Waals surface area contributed by atoms with E-state index in [-0.39, 0.29) is 18.3 Å². The third kappa shape index (κ3) is 4.60. The molecule has 0 unspecified atom stereocenters. The second kappa shape index (κ2) is 7.65. The van der Waals surface area contributed by atoms with Gasteiger partial charge >= 0.3 is 0 Å². The number of anilines is 1. The molecule has 21 heavy (non-hydrogen) atoms. The summed E-state index contributed by atoms with van der Waals surface area (Å²) >= 11 is 7.60. The van der Waals surface area contributed by atoms with E-state index in [9.17, 15) is 4.79 Å². The van der Waals surface area contributed by atoms with Gasteiger partial charge in [0.15, 0.2) is 5.16 Å². The van der Waals surface area contributed by atoms with Gasteiger partial charge in [0.2, 0.25) is 5.91 Å². The number of hydrogen-bond acceptors (Lipinski definition) is 5. The molecule has 9 heteroatoms. The number of nitrogens with two attached hydrogens (primary N) is 1. The van der Waals surface area contributed by atoms with Crippen molar-refractivity contribution in [3.63, 3.8) is 0 Å². The highest BCUT2D eigenvalue weighted by Gasteiger charge is 2.11. The fourth-order valence-corrected chi connectivity index (χ4v) is 2.45. The second-order valence-corrected chi connectivity index (χ2v) is 5.67. The molecular formula is C12H15Cl2N5OS. The summed E-state index contributed by atoms with van der Waals surface area (Å²) in [7, 11) is 1.85. The molecule has 1 aromatic carbocycles. The van der Waals surface area contributed by atoms with Gasteiger partial charge in [0, 0.05) is 17.6 Å². The molecule has 1 amide bonds. The first-order chi connectivity index (χ1) is 9.47. The van der Waals surface area contributed by atoms with Crippen LogP contribution >= 0.6 is 35.8 Å². The lowest BCUT2D eigenvalue weighted by molar-refractivity contribution is -0.117. The van der Waals surface area contributed by atoms with Gasteiger partial charge < -0.3 is 15.6 Å². The number of halogens is 2. The summed E-state index contributed by atoms with van der Waals surface area (Å²) in [6.45, 7) is 1.62. The number of aryl methyl sites for hydroxylation is 1. The van der Waals surface area contributed by atoms with E-state index in [0.29, 0.717) is 10.7 Å². The fourth-order valence-electron chi connectivity index (χ4n) is 1.38. The Kier molecular flexibility index (Phi) is 6.47. The van der Waals surface area contributed by atoms with Crippen LogP contribution in [0.1, 0.15) is 6.92 Å². The van der Waals surface area contributed by atoms with Gasteiger partial charge in [-0.05, 0) is 36.9 Å². The quantitative estimate of drug-likeness (QED) is 0.886. The van der Waals surface area contributed by atoms with E-state index in [0.717, 1.165) is 10.1 Å². The Hall–Kier alpha value is -1.28. The minimum atomic E-state index is -0.568. The molecule has 1 heterocycles. The molecule has 0 radical (unpaired) electrons. The van der Waals surface area contributed by atoms with Gasteiger partial charge in [-0.2, -0.15) is 0 Å². The number of nitrogens with one attached hydrogen (secondary N) is 1. The lowest BCUT2D eigenvalue weighted by Crippen LogP contribution is -2.32. The maximum absolute atomic E-state index is 11.5. The molecule has 114 valence electrons. The topological polar surface area (TPSA) is 85.8 Å². The Morgan fingerprint density at radius 3 is 2.76 bits per heavy atom. The number of hydrogen-bond donors (Lipinski definition) is 2. The van der Waals surface area contributed by atoms with Crippen LogP contribution in [0.5, 0.6) is 0 Å². The monoisotopic (exact) mass is 347 g/mol. The van der Waals surface area contributed by atoms with Gasteiger partial charge in [0.05, 0.1) is 11.1 Å². The molecule has 1 atom stereocenters. The molecule has 0 saturated carbocycles. The molecule has 0 saturated heterocycles. The highest BCUT2D eigenvalue weighted by Crippen LogP contribution is 2.33. The van der Waals surface area contributed by atoms with Crippen molar-refractivity contribution in [2.24, 2.45) is 12.8 Å². The zero-order chi connectivity index (χ0) is 14.7. The minimum Gasteiger partial charge on any atom is -0.325 e. The number of amides is 1. The maximum Gasteiger partial charge on any atom is 0.240 e. The van der Waals surface area contributed by atoms with E-state index in [1.807, 2.05) is 13.1 Å². The van der Waals surface area contributed by atoms with Gasteiger partial charge in [-0.15, -0.1) is 22.6 Å². The highest BCUT2D eigenvalue weighted by atomic mass is 35.5. The zero-order valence-corrected chi connectivity index (χ0v) is 13.8. The predicted molar refractivity (Wildman–Crippen MR) is 86.1 cm³/mol. The normalized spacial score (nSPS) is 11.6. The van der Waals surface area contributed by atoms with Crippen LogP contribution in [0.4, 0.5) is 5.69 Å². The van der Waals surface area contributed by atoms with Crippen LogP contribution < -0.4 is 11.1 Å². The molecule has 1 aromatic heterocycles. The van der Waals surface area contributed by atoms with Gasteiger partial charge in [-0.3, -0.25) is 4.79 Å². The first-order valence-electron chi connectivity index (χ1n) is 5.85. The predicted octanol–water partition coefficient (Wildman–Crippen LogP) is 2.33. The number of carbonyl (C=O) groups excluding carboxylic acids is 1. The molecule has 0 aliphatic rings. The average Bonchev–Trinajstić information content (AvgIpc) is 2.78. The molecule has 3 N–H and O–H groups in total. The number of aromatic nitrogens is 3. The number of carbonyl (C=O) groups is 1. The Bertz CT molecular complexity index is 632. The van der Waals surface area contributed by atoms with Crippen LogP contribution in [0.2, 0.25) is 5.02 Å². The summed E-state index contributed by atoms with van der Waals surface area (Å²) in [4.78, 5) is 12.3. The first kappa shape index (κ1) is 17.8. The Labute approximate surface area is 137 Å². The molecule has 2 aromatic rings. The summed E-state index contributed by atoms with van der Waals surface area (Å²) in [5.41, 5.74) is 6.10. The molecule has 0 fully saturated rings. The van der Waals surface area contributed by atoms with Crippen molar-refractivity contribution in [3.05, 3.63) is 29.5 Å².